The first-order valence-corrected chi connectivity index (χ1v) is 5.87. The molecule has 0 atom stereocenters. The van der Waals surface area contributed by atoms with Crippen molar-refractivity contribution in [2.45, 2.75) is 12.8 Å². The summed E-state index contributed by atoms with van der Waals surface area (Å²) in [5, 5.41) is 8.59. The molecule has 0 saturated carbocycles. The first-order chi connectivity index (χ1) is 9.13. The maximum absolute atomic E-state index is 13.0. The summed E-state index contributed by atoms with van der Waals surface area (Å²) in [6.45, 7) is 0. The van der Waals surface area contributed by atoms with E-state index in [-0.39, 0.29) is 12.2 Å². The molecule has 0 aliphatic carbocycles. The van der Waals surface area contributed by atoms with E-state index in [2.05, 4.69) is 0 Å². The minimum atomic E-state index is -0.819. The highest BCUT2D eigenvalue weighted by Gasteiger charge is 2.01. The number of aryl methyl sites for hydroxylation is 1. The average Bonchev–Trinajstić information content (AvgIpc) is 2.38. The Labute approximate surface area is 110 Å². The summed E-state index contributed by atoms with van der Waals surface area (Å²) in [7, 11) is 0. The Morgan fingerprint density at radius 1 is 1.11 bits per heavy atom. The van der Waals surface area contributed by atoms with Gasteiger partial charge in [0.1, 0.15) is 17.3 Å². The second kappa shape index (κ2) is 6.00. The molecule has 2 rings (SSSR count). The summed E-state index contributed by atoms with van der Waals surface area (Å²) in [5.74, 6) is -0.154. The Morgan fingerprint density at radius 3 is 2.47 bits per heavy atom. The summed E-state index contributed by atoms with van der Waals surface area (Å²) in [6.07, 6.45) is 0.583. The molecule has 0 amide bonds. The van der Waals surface area contributed by atoms with E-state index in [9.17, 15) is 9.18 Å². The second-order valence-electron chi connectivity index (χ2n) is 4.10. The maximum Gasteiger partial charge on any atom is 0.303 e. The van der Waals surface area contributed by atoms with Crippen molar-refractivity contribution in [2.75, 3.05) is 0 Å². The van der Waals surface area contributed by atoms with Crippen molar-refractivity contribution < 1.29 is 19.0 Å². The van der Waals surface area contributed by atoms with E-state index in [1.807, 2.05) is 0 Å². The quantitative estimate of drug-likeness (QED) is 0.892. The van der Waals surface area contributed by atoms with Crippen LogP contribution < -0.4 is 4.74 Å². The standard InChI is InChI=1S/C15H13FO3/c16-12-2-1-3-14(10-12)19-13-7-4-11(5-8-13)6-9-15(17)18/h1-5,7-8,10H,6,9H2,(H,17,18). The van der Waals surface area contributed by atoms with Crippen molar-refractivity contribution in [3.05, 3.63) is 59.9 Å². The third-order valence-electron chi connectivity index (χ3n) is 2.58. The smallest absolute Gasteiger partial charge is 0.303 e. The number of carbonyl (C=O) groups is 1. The molecule has 98 valence electrons. The van der Waals surface area contributed by atoms with Gasteiger partial charge >= 0.3 is 5.97 Å². The average molecular weight is 260 g/mol. The van der Waals surface area contributed by atoms with Gasteiger partial charge in [0, 0.05) is 12.5 Å². The maximum atomic E-state index is 13.0. The van der Waals surface area contributed by atoms with E-state index >= 15 is 0 Å². The molecule has 3 nitrogen and oxygen atoms in total. The van der Waals surface area contributed by atoms with Crippen LogP contribution in [0.1, 0.15) is 12.0 Å². The fourth-order valence-electron chi connectivity index (χ4n) is 1.64. The molecular weight excluding hydrogens is 247 g/mol. The van der Waals surface area contributed by atoms with E-state index in [4.69, 9.17) is 9.84 Å². The van der Waals surface area contributed by atoms with Crippen molar-refractivity contribution in [1.29, 1.82) is 0 Å². The fraction of sp³-hybridized carbons (Fsp3) is 0.133. The van der Waals surface area contributed by atoms with Gasteiger partial charge in [-0.15, -0.1) is 0 Å². The van der Waals surface area contributed by atoms with Gasteiger partial charge in [0.25, 0.3) is 0 Å². The van der Waals surface area contributed by atoms with Gasteiger partial charge in [-0.25, -0.2) is 4.39 Å². The van der Waals surface area contributed by atoms with Crippen LogP contribution in [0.4, 0.5) is 4.39 Å². The molecule has 0 aliphatic rings. The number of hydrogen-bond donors (Lipinski definition) is 1. The van der Waals surface area contributed by atoms with Gasteiger partial charge in [0.05, 0.1) is 0 Å². The summed E-state index contributed by atoms with van der Waals surface area (Å²) >= 11 is 0. The molecule has 4 heteroatoms. The largest absolute Gasteiger partial charge is 0.481 e. The van der Waals surface area contributed by atoms with Crippen LogP contribution in [0.25, 0.3) is 0 Å². The van der Waals surface area contributed by atoms with E-state index in [0.29, 0.717) is 17.9 Å². The zero-order valence-corrected chi connectivity index (χ0v) is 10.2. The van der Waals surface area contributed by atoms with Gasteiger partial charge < -0.3 is 9.84 Å². The van der Waals surface area contributed by atoms with Crippen molar-refractivity contribution in [3.8, 4) is 11.5 Å². The SMILES string of the molecule is O=C(O)CCc1ccc(Oc2cccc(F)c2)cc1. The van der Waals surface area contributed by atoms with Gasteiger partial charge in [-0.05, 0) is 36.2 Å². The number of hydrogen-bond acceptors (Lipinski definition) is 2. The molecule has 0 spiro atoms. The topological polar surface area (TPSA) is 46.5 Å². The molecule has 1 N–H and O–H groups in total. The third-order valence-corrected chi connectivity index (χ3v) is 2.58. The van der Waals surface area contributed by atoms with Gasteiger partial charge in [-0.1, -0.05) is 18.2 Å². The van der Waals surface area contributed by atoms with Crippen molar-refractivity contribution >= 4 is 5.97 Å². The lowest BCUT2D eigenvalue weighted by Crippen LogP contribution is -1.97. The van der Waals surface area contributed by atoms with E-state index in [1.165, 1.54) is 12.1 Å². The highest BCUT2D eigenvalue weighted by atomic mass is 19.1. The number of carboxylic acid groups (broad SMARTS) is 1. The van der Waals surface area contributed by atoms with Gasteiger partial charge in [0.15, 0.2) is 0 Å². The number of aliphatic carboxylic acids is 1. The first kappa shape index (κ1) is 13.1. The summed E-state index contributed by atoms with van der Waals surface area (Å²) in [4.78, 5) is 10.5. The van der Waals surface area contributed by atoms with Crippen LogP contribution in [-0.2, 0) is 11.2 Å². The molecule has 19 heavy (non-hydrogen) atoms. The molecule has 0 heterocycles. The zero-order chi connectivity index (χ0) is 13.7. The number of rotatable bonds is 5. The van der Waals surface area contributed by atoms with Crippen LogP contribution in [0, 0.1) is 5.82 Å². The zero-order valence-electron chi connectivity index (χ0n) is 10.2. The Kier molecular flexibility index (Phi) is 4.13. The summed E-state index contributed by atoms with van der Waals surface area (Å²) in [5.41, 5.74) is 0.925. The van der Waals surface area contributed by atoms with Crippen LogP contribution in [0.3, 0.4) is 0 Å². The van der Waals surface area contributed by atoms with Crippen molar-refractivity contribution in [1.82, 2.24) is 0 Å². The highest BCUT2D eigenvalue weighted by molar-refractivity contribution is 5.67. The van der Waals surface area contributed by atoms with Crippen LogP contribution in [-0.4, -0.2) is 11.1 Å². The monoisotopic (exact) mass is 260 g/mol. The fourth-order valence-corrected chi connectivity index (χ4v) is 1.64. The highest BCUT2D eigenvalue weighted by Crippen LogP contribution is 2.22. The Balaban J connectivity index is 2.00. The molecule has 0 bridgehead atoms. The van der Waals surface area contributed by atoms with Crippen LogP contribution >= 0.6 is 0 Å². The molecule has 0 saturated heterocycles. The summed E-state index contributed by atoms with van der Waals surface area (Å²) in [6, 6.07) is 13.0. The Bertz CT molecular complexity index is 564. The number of halogens is 1. The van der Waals surface area contributed by atoms with E-state index in [1.54, 1.807) is 36.4 Å². The minimum absolute atomic E-state index is 0.101. The van der Waals surface area contributed by atoms with Crippen LogP contribution in [0.2, 0.25) is 0 Å². The van der Waals surface area contributed by atoms with E-state index < -0.39 is 5.97 Å². The Hall–Kier alpha value is -2.36. The van der Waals surface area contributed by atoms with Crippen LogP contribution in [0.15, 0.2) is 48.5 Å². The predicted octanol–water partition coefficient (Wildman–Crippen LogP) is 3.64. The first-order valence-electron chi connectivity index (χ1n) is 5.87. The van der Waals surface area contributed by atoms with Crippen LogP contribution in [0.5, 0.6) is 11.5 Å². The molecule has 0 unspecified atom stereocenters. The lowest BCUT2D eigenvalue weighted by atomic mass is 10.1. The molecular formula is C15H13FO3. The normalized spacial score (nSPS) is 10.2. The van der Waals surface area contributed by atoms with Gasteiger partial charge in [-0.3, -0.25) is 4.79 Å². The molecule has 0 fully saturated rings. The van der Waals surface area contributed by atoms with Gasteiger partial charge in [0.2, 0.25) is 0 Å². The number of carboxylic acids is 1. The lowest BCUT2D eigenvalue weighted by Gasteiger charge is -2.06. The van der Waals surface area contributed by atoms with Gasteiger partial charge in [-0.2, -0.15) is 0 Å². The molecule has 2 aromatic rings. The number of benzene rings is 2. The Morgan fingerprint density at radius 2 is 1.84 bits per heavy atom. The minimum Gasteiger partial charge on any atom is -0.481 e. The summed E-state index contributed by atoms with van der Waals surface area (Å²) < 4.78 is 18.5. The molecule has 0 aromatic heterocycles. The predicted molar refractivity (Wildman–Crippen MR) is 68.9 cm³/mol. The molecule has 0 radical (unpaired) electrons. The van der Waals surface area contributed by atoms with E-state index in [0.717, 1.165) is 5.56 Å². The van der Waals surface area contributed by atoms with Crippen molar-refractivity contribution in [2.24, 2.45) is 0 Å². The number of ether oxygens (including phenoxy) is 1. The van der Waals surface area contributed by atoms with Crippen molar-refractivity contribution in [3.63, 3.8) is 0 Å². The third kappa shape index (κ3) is 4.10. The second-order valence-corrected chi connectivity index (χ2v) is 4.10. The molecule has 0 aliphatic heterocycles. The lowest BCUT2D eigenvalue weighted by molar-refractivity contribution is -0.136. The molecule has 2 aromatic carbocycles.